The average molecular weight is 658 g/mol. The number of fused-ring (bicyclic) bond motifs is 1. The molecule has 13 heteroatoms. The van der Waals surface area contributed by atoms with Gasteiger partial charge in [0.05, 0.1) is 13.0 Å². The zero-order chi connectivity index (χ0) is 32.8. The van der Waals surface area contributed by atoms with E-state index in [4.69, 9.17) is 16.3 Å². The first-order valence-corrected chi connectivity index (χ1v) is 15.1. The molecule has 9 nitrogen and oxygen atoms in total. The molecular weight excluding hydrogens is 627 g/mol. The molecule has 3 aromatic rings. The van der Waals surface area contributed by atoms with Gasteiger partial charge in [-0.05, 0) is 91.5 Å². The predicted octanol–water partition coefficient (Wildman–Crippen LogP) is 5.22. The van der Waals surface area contributed by atoms with Crippen LogP contribution in [0.25, 0.3) is 0 Å². The Bertz CT molecular complexity index is 1590. The monoisotopic (exact) mass is 657 g/mol. The number of carbonyl (C=O) groups is 4. The molecule has 0 aromatic heterocycles. The number of hydrogen-bond acceptors (Lipinski definition) is 7. The van der Waals surface area contributed by atoms with Crippen LogP contribution in [-0.2, 0) is 38.6 Å². The fourth-order valence-corrected chi connectivity index (χ4v) is 5.43. The molecule has 2 heterocycles. The minimum atomic E-state index is -5.28. The summed E-state index contributed by atoms with van der Waals surface area (Å²) in [6.07, 6.45) is -3.88. The van der Waals surface area contributed by atoms with E-state index in [9.17, 15) is 32.3 Å². The van der Waals surface area contributed by atoms with Crippen molar-refractivity contribution in [3.63, 3.8) is 0 Å². The fraction of sp³-hybridized carbons (Fsp3) is 0.333. The lowest BCUT2D eigenvalue weighted by atomic mass is 10.0. The summed E-state index contributed by atoms with van der Waals surface area (Å²) < 4.78 is 47.5. The number of hydrogen-bond donors (Lipinski definition) is 1. The highest BCUT2D eigenvalue weighted by Crippen LogP contribution is 2.31. The summed E-state index contributed by atoms with van der Waals surface area (Å²) in [5.41, 5.74) is 2.83. The molecule has 2 amide bonds. The molecule has 0 radical (unpaired) electrons. The predicted molar refractivity (Wildman–Crippen MR) is 162 cm³/mol. The zero-order valence-corrected chi connectivity index (χ0v) is 25.4. The molecule has 0 aliphatic carbocycles. The van der Waals surface area contributed by atoms with Gasteiger partial charge in [0, 0.05) is 22.8 Å². The number of amides is 2. The van der Waals surface area contributed by atoms with Crippen molar-refractivity contribution in [2.24, 2.45) is 0 Å². The lowest BCUT2D eigenvalue weighted by Crippen LogP contribution is -2.39. The van der Waals surface area contributed by atoms with Crippen LogP contribution in [0.1, 0.15) is 46.3 Å². The second kappa shape index (κ2) is 14.3. The number of esters is 2. The van der Waals surface area contributed by atoms with Gasteiger partial charge in [-0.2, -0.15) is 13.2 Å². The number of carbonyl (C=O) groups excluding carboxylic acids is 4. The van der Waals surface area contributed by atoms with Crippen molar-refractivity contribution in [3.8, 4) is 5.75 Å². The zero-order valence-electron chi connectivity index (χ0n) is 24.6. The Morgan fingerprint density at radius 2 is 1.59 bits per heavy atom. The molecule has 0 bridgehead atoms. The fourth-order valence-electron chi connectivity index (χ4n) is 5.31. The summed E-state index contributed by atoms with van der Waals surface area (Å²) in [5.74, 6) is -3.90. The Morgan fingerprint density at radius 1 is 0.913 bits per heavy atom. The maximum Gasteiger partial charge on any atom is 0.491 e. The number of alkyl halides is 3. The molecular formula is C33H31ClF3N3O6. The first-order chi connectivity index (χ1) is 22.0. The van der Waals surface area contributed by atoms with Gasteiger partial charge >= 0.3 is 18.1 Å². The third kappa shape index (κ3) is 8.43. The van der Waals surface area contributed by atoms with Crippen molar-refractivity contribution in [1.82, 2.24) is 10.2 Å². The number of aryl methyl sites for hydroxylation is 1. The molecule has 2 aliphatic heterocycles. The number of piperidine rings is 1. The average Bonchev–Trinajstić information content (AvgIpc) is 3.16. The van der Waals surface area contributed by atoms with Crippen molar-refractivity contribution in [2.75, 3.05) is 24.5 Å². The van der Waals surface area contributed by atoms with Gasteiger partial charge in [0.15, 0.2) is 0 Å². The second-order valence-electron chi connectivity index (χ2n) is 11.1. The first kappa shape index (κ1) is 33.0. The van der Waals surface area contributed by atoms with E-state index in [0.29, 0.717) is 27.4 Å². The molecule has 0 unspecified atom stereocenters. The summed E-state index contributed by atoms with van der Waals surface area (Å²) in [4.78, 5) is 53.1. The number of anilines is 1. The number of rotatable bonds is 8. The van der Waals surface area contributed by atoms with Gasteiger partial charge in [0.25, 0.3) is 5.91 Å². The smallest absolute Gasteiger partial charge is 0.490 e. The highest BCUT2D eigenvalue weighted by Gasteiger charge is 2.42. The Labute approximate surface area is 268 Å². The number of nitrogens with one attached hydrogen (secondary N) is 1. The van der Waals surface area contributed by atoms with Gasteiger partial charge in [-0.15, -0.1) is 0 Å². The van der Waals surface area contributed by atoms with Crippen LogP contribution in [0.15, 0.2) is 66.7 Å². The van der Waals surface area contributed by atoms with Crippen LogP contribution in [-0.4, -0.2) is 60.6 Å². The van der Waals surface area contributed by atoms with E-state index in [1.165, 1.54) is 4.90 Å². The van der Waals surface area contributed by atoms with Crippen LogP contribution in [0.3, 0.4) is 0 Å². The normalized spacial score (nSPS) is 15.6. The van der Waals surface area contributed by atoms with E-state index in [-0.39, 0.29) is 44.0 Å². The molecule has 1 fully saturated rings. The summed E-state index contributed by atoms with van der Waals surface area (Å²) in [7, 11) is 0. The van der Waals surface area contributed by atoms with Gasteiger partial charge in [0.2, 0.25) is 5.91 Å². The summed E-state index contributed by atoms with van der Waals surface area (Å²) in [6, 6.07) is 18.8. The van der Waals surface area contributed by atoms with E-state index in [1.54, 1.807) is 47.4 Å². The van der Waals surface area contributed by atoms with Crippen molar-refractivity contribution in [2.45, 2.75) is 51.1 Å². The number of ether oxygens (including phenoxy) is 2. The van der Waals surface area contributed by atoms with Crippen LogP contribution in [0.4, 0.5) is 18.9 Å². The molecule has 0 spiro atoms. The summed E-state index contributed by atoms with van der Waals surface area (Å²) >= 11 is 5.99. The van der Waals surface area contributed by atoms with E-state index in [2.05, 4.69) is 10.1 Å². The minimum Gasteiger partial charge on any atom is -0.490 e. The third-order valence-electron chi connectivity index (χ3n) is 7.72. The maximum absolute atomic E-state index is 13.8. The standard InChI is InChI=1S/C33H31ClF3N3O6/c34-25-8-6-23(7-9-25)31(43)39-19-24-5-1-21(4-12-30(42)46-32(44)33(35,36)37)17-28(24)40(29(41)20-39)18-22-2-10-26(11-3-22)45-27-13-15-38-16-14-27/h1-3,5-11,17,27,38H,4,12-16,18-20H2. The molecule has 0 atom stereocenters. The highest BCUT2D eigenvalue weighted by atomic mass is 35.5. The van der Waals surface area contributed by atoms with E-state index >= 15 is 0 Å². The van der Waals surface area contributed by atoms with Gasteiger partial charge in [-0.1, -0.05) is 35.9 Å². The molecule has 1 N–H and O–H groups in total. The first-order valence-electron chi connectivity index (χ1n) is 14.7. The van der Waals surface area contributed by atoms with Gasteiger partial charge in [-0.3, -0.25) is 14.4 Å². The molecule has 1 saturated heterocycles. The number of halogens is 4. The third-order valence-corrected chi connectivity index (χ3v) is 7.97. The van der Waals surface area contributed by atoms with Gasteiger partial charge in [0.1, 0.15) is 18.4 Å². The highest BCUT2D eigenvalue weighted by molar-refractivity contribution is 6.30. The molecule has 2 aliphatic rings. The Kier molecular flexibility index (Phi) is 10.3. The Morgan fingerprint density at radius 3 is 2.26 bits per heavy atom. The van der Waals surface area contributed by atoms with Gasteiger partial charge < -0.3 is 24.6 Å². The molecule has 242 valence electrons. The van der Waals surface area contributed by atoms with Crippen molar-refractivity contribution in [3.05, 3.63) is 94.0 Å². The SMILES string of the molecule is O=C(CCc1ccc2c(c1)N(Cc1ccc(OC3CCNCC3)cc1)C(=O)CN(C(=O)c1ccc(Cl)cc1)C2)OC(=O)C(F)(F)F. The minimum absolute atomic E-state index is 0.0462. The van der Waals surface area contributed by atoms with Crippen molar-refractivity contribution < 1.29 is 41.8 Å². The lowest BCUT2D eigenvalue weighted by molar-refractivity contribution is -0.201. The number of benzene rings is 3. The Hall–Kier alpha value is -4.42. The number of nitrogens with zero attached hydrogens (tertiary/aromatic N) is 2. The van der Waals surface area contributed by atoms with Crippen LogP contribution in [0.2, 0.25) is 5.02 Å². The molecule has 3 aromatic carbocycles. The van der Waals surface area contributed by atoms with Crippen molar-refractivity contribution in [1.29, 1.82) is 0 Å². The van der Waals surface area contributed by atoms with Gasteiger partial charge in [-0.25, -0.2) is 4.79 Å². The van der Waals surface area contributed by atoms with E-state index in [0.717, 1.165) is 37.2 Å². The second-order valence-corrected chi connectivity index (χ2v) is 11.5. The van der Waals surface area contributed by atoms with Crippen LogP contribution in [0.5, 0.6) is 5.75 Å². The van der Waals surface area contributed by atoms with E-state index < -0.39 is 24.5 Å². The quantitative estimate of drug-likeness (QED) is 0.262. The largest absolute Gasteiger partial charge is 0.491 e. The maximum atomic E-state index is 13.8. The molecule has 5 rings (SSSR count). The van der Waals surface area contributed by atoms with E-state index in [1.807, 2.05) is 24.3 Å². The van der Waals surface area contributed by atoms with Crippen molar-refractivity contribution >= 4 is 41.0 Å². The summed E-state index contributed by atoms with van der Waals surface area (Å²) in [5, 5.41) is 3.76. The van der Waals surface area contributed by atoms with Crippen LogP contribution >= 0.6 is 11.6 Å². The topological polar surface area (TPSA) is 105 Å². The van der Waals surface area contributed by atoms with Crippen LogP contribution < -0.4 is 15.0 Å². The molecule has 46 heavy (non-hydrogen) atoms. The lowest BCUT2D eigenvalue weighted by Gasteiger charge is -2.25. The summed E-state index contributed by atoms with van der Waals surface area (Å²) in [6.45, 7) is 1.84. The molecule has 0 saturated carbocycles. The van der Waals surface area contributed by atoms with Crippen LogP contribution in [0, 0.1) is 0 Å². The Balaban J connectivity index is 1.37.